The van der Waals surface area contributed by atoms with E-state index in [-0.39, 0.29) is 18.3 Å². The first-order chi connectivity index (χ1) is 12.2. The van der Waals surface area contributed by atoms with Crippen molar-refractivity contribution >= 4 is 18.3 Å². The first kappa shape index (κ1) is 18.1. The van der Waals surface area contributed by atoms with Crippen molar-refractivity contribution < 1.29 is 9.32 Å². The number of hydrogen-bond acceptors (Lipinski definition) is 5. The Morgan fingerprint density at radius 1 is 1.38 bits per heavy atom. The third kappa shape index (κ3) is 3.77. The third-order valence-electron chi connectivity index (χ3n) is 4.27. The van der Waals surface area contributed by atoms with Crippen molar-refractivity contribution in [2.45, 2.75) is 32.2 Å². The number of carbonyl (C=O) groups is 1. The Labute approximate surface area is 157 Å². The molecule has 0 aromatic carbocycles. The zero-order valence-electron chi connectivity index (χ0n) is 14.4. The van der Waals surface area contributed by atoms with E-state index in [2.05, 4.69) is 20.6 Å². The van der Waals surface area contributed by atoms with E-state index in [0.29, 0.717) is 24.6 Å². The number of rotatable bonds is 6. The van der Waals surface area contributed by atoms with Gasteiger partial charge in [0.2, 0.25) is 0 Å². The average molecular weight is 374 g/mol. The lowest BCUT2D eigenvalue weighted by Crippen LogP contribution is -2.28. The molecule has 3 aromatic rings. The maximum Gasteiger partial charge on any atom is 0.252 e. The topological polar surface area (TPSA) is 85.8 Å². The van der Waals surface area contributed by atoms with Crippen LogP contribution in [0.2, 0.25) is 0 Å². The molecule has 4 rings (SSSR count). The monoisotopic (exact) mass is 373 g/mol. The molecule has 0 spiro atoms. The first-order valence-electron chi connectivity index (χ1n) is 8.40. The van der Waals surface area contributed by atoms with Gasteiger partial charge in [-0.3, -0.25) is 14.5 Å². The van der Waals surface area contributed by atoms with Gasteiger partial charge in [0, 0.05) is 30.9 Å². The number of carbonyl (C=O) groups excluding carboxylic acids is 1. The molecule has 0 aliphatic heterocycles. The smallest absolute Gasteiger partial charge is 0.252 e. The molecule has 1 saturated carbocycles. The fourth-order valence-electron chi connectivity index (χ4n) is 2.92. The van der Waals surface area contributed by atoms with Crippen LogP contribution in [0, 0.1) is 6.92 Å². The summed E-state index contributed by atoms with van der Waals surface area (Å²) < 4.78 is 7.37. The van der Waals surface area contributed by atoms with Crippen LogP contribution in [-0.4, -0.2) is 32.4 Å². The van der Waals surface area contributed by atoms with Crippen molar-refractivity contribution in [1.29, 1.82) is 0 Å². The van der Waals surface area contributed by atoms with Crippen molar-refractivity contribution in [2.24, 2.45) is 0 Å². The Bertz CT molecular complexity index is 886. The molecule has 8 heteroatoms. The van der Waals surface area contributed by atoms with E-state index < -0.39 is 0 Å². The number of pyridine rings is 1. The molecule has 7 nitrogen and oxygen atoms in total. The van der Waals surface area contributed by atoms with Crippen LogP contribution in [0.15, 0.2) is 41.3 Å². The summed E-state index contributed by atoms with van der Waals surface area (Å²) >= 11 is 0. The van der Waals surface area contributed by atoms with Crippen molar-refractivity contribution in [3.8, 4) is 11.3 Å². The second-order valence-electron chi connectivity index (χ2n) is 6.27. The van der Waals surface area contributed by atoms with Gasteiger partial charge in [-0.05, 0) is 31.9 Å². The van der Waals surface area contributed by atoms with E-state index in [0.717, 1.165) is 29.9 Å². The van der Waals surface area contributed by atoms with Crippen LogP contribution in [0.3, 0.4) is 0 Å². The largest absolute Gasteiger partial charge is 0.356 e. The van der Waals surface area contributed by atoms with Crippen molar-refractivity contribution in [3.63, 3.8) is 0 Å². The molecule has 1 aliphatic carbocycles. The van der Waals surface area contributed by atoms with Crippen LogP contribution < -0.4 is 5.32 Å². The minimum Gasteiger partial charge on any atom is -0.356 e. The van der Waals surface area contributed by atoms with E-state index in [1.807, 2.05) is 23.9 Å². The molecule has 26 heavy (non-hydrogen) atoms. The Balaban J connectivity index is 0.00000196. The summed E-state index contributed by atoms with van der Waals surface area (Å²) in [6, 6.07) is 5.42. The molecule has 1 N–H and O–H groups in total. The van der Waals surface area contributed by atoms with Crippen molar-refractivity contribution in [1.82, 2.24) is 25.2 Å². The number of aryl methyl sites for hydroxylation is 1. The molecule has 0 atom stereocenters. The van der Waals surface area contributed by atoms with Gasteiger partial charge in [0.05, 0.1) is 35.3 Å². The summed E-state index contributed by atoms with van der Waals surface area (Å²) in [5.74, 6) is 1.14. The molecular weight excluding hydrogens is 354 g/mol. The maximum atomic E-state index is 12.1. The SMILES string of the molecule is Cc1cc(-c2cnn(CCNC(=O)c3cccnc3)c2C2CC2)on1.Cl. The molecule has 1 amide bonds. The molecule has 1 fully saturated rings. The summed E-state index contributed by atoms with van der Waals surface area (Å²) in [5, 5.41) is 11.4. The van der Waals surface area contributed by atoms with E-state index in [1.54, 1.807) is 24.5 Å². The molecule has 136 valence electrons. The molecule has 3 heterocycles. The Hall–Kier alpha value is -2.67. The van der Waals surface area contributed by atoms with E-state index in [9.17, 15) is 4.79 Å². The highest BCUT2D eigenvalue weighted by molar-refractivity contribution is 5.93. The summed E-state index contributed by atoms with van der Waals surface area (Å²) in [4.78, 5) is 16.1. The number of nitrogens with one attached hydrogen (secondary N) is 1. The Morgan fingerprint density at radius 3 is 2.88 bits per heavy atom. The first-order valence-corrected chi connectivity index (χ1v) is 8.40. The predicted octanol–water partition coefficient (Wildman–Crippen LogP) is 2.97. The van der Waals surface area contributed by atoms with Gasteiger partial charge in [-0.15, -0.1) is 12.4 Å². The van der Waals surface area contributed by atoms with Crippen LogP contribution in [0.5, 0.6) is 0 Å². The highest BCUT2D eigenvalue weighted by atomic mass is 35.5. The summed E-state index contributed by atoms with van der Waals surface area (Å²) in [6.45, 7) is 3.02. The molecule has 1 aliphatic rings. The van der Waals surface area contributed by atoms with Gasteiger partial charge in [-0.1, -0.05) is 5.16 Å². The molecule has 0 saturated heterocycles. The van der Waals surface area contributed by atoms with Gasteiger partial charge in [0.15, 0.2) is 5.76 Å². The van der Waals surface area contributed by atoms with Crippen LogP contribution in [0.25, 0.3) is 11.3 Å². The standard InChI is InChI=1S/C18H19N5O2.ClH/c1-12-9-16(25-22-12)15-11-21-23(17(15)13-4-5-13)8-7-20-18(24)14-3-2-6-19-10-14;/h2-3,6,9-11,13H,4-5,7-8H2,1H3,(H,20,24);1H. The second kappa shape index (κ2) is 7.70. The lowest BCUT2D eigenvalue weighted by Gasteiger charge is -2.09. The van der Waals surface area contributed by atoms with Gasteiger partial charge < -0.3 is 9.84 Å². The van der Waals surface area contributed by atoms with Crippen molar-refractivity contribution in [3.05, 3.63) is 53.7 Å². The molecular formula is C18H20ClN5O2. The summed E-state index contributed by atoms with van der Waals surface area (Å²) in [6.07, 6.45) is 7.36. The Morgan fingerprint density at radius 2 is 2.23 bits per heavy atom. The summed E-state index contributed by atoms with van der Waals surface area (Å²) in [5.41, 5.74) is 3.59. The predicted molar refractivity (Wildman–Crippen MR) is 98.3 cm³/mol. The van der Waals surface area contributed by atoms with E-state index in [4.69, 9.17) is 4.52 Å². The highest BCUT2D eigenvalue weighted by Gasteiger charge is 2.31. The second-order valence-corrected chi connectivity index (χ2v) is 6.27. The average Bonchev–Trinajstić information content (AvgIpc) is 3.24. The van der Waals surface area contributed by atoms with Crippen molar-refractivity contribution in [2.75, 3.05) is 6.54 Å². The van der Waals surface area contributed by atoms with Crippen LogP contribution in [-0.2, 0) is 6.54 Å². The highest BCUT2D eigenvalue weighted by Crippen LogP contribution is 2.44. The van der Waals surface area contributed by atoms with Crippen LogP contribution in [0.4, 0.5) is 0 Å². The van der Waals surface area contributed by atoms with Gasteiger partial charge in [-0.25, -0.2) is 0 Å². The molecule has 0 unspecified atom stereocenters. The quantitative estimate of drug-likeness (QED) is 0.717. The maximum absolute atomic E-state index is 12.1. The van der Waals surface area contributed by atoms with Gasteiger partial charge in [-0.2, -0.15) is 5.10 Å². The lowest BCUT2D eigenvalue weighted by molar-refractivity contribution is 0.0951. The number of hydrogen-bond donors (Lipinski definition) is 1. The molecule has 3 aromatic heterocycles. The van der Waals surface area contributed by atoms with Gasteiger partial charge in [0.1, 0.15) is 0 Å². The van der Waals surface area contributed by atoms with E-state index in [1.165, 1.54) is 5.69 Å². The number of amides is 1. The van der Waals surface area contributed by atoms with E-state index >= 15 is 0 Å². The van der Waals surface area contributed by atoms with Gasteiger partial charge in [0.25, 0.3) is 5.91 Å². The van der Waals surface area contributed by atoms with Crippen LogP contribution in [0.1, 0.15) is 40.5 Å². The number of nitrogens with zero attached hydrogens (tertiary/aromatic N) is 4. The fourth-order valence-corrected chi connectivity index (χ4v) is 2.92. The minimum absolute atomic E-state index is 0. The summed E-state index contributed by atoms with van der Waals surface area (Å²) in [7, 11) is 0. The minimum atomic E-state index is -0.126. The Kier molecular flexibility index (Phi) is 5.37. The molecule has 0 bridgehead atoms. The zero-order valence-corrected chi connectivity index (χ0v) is 15.2. The van der Waals surface area contributed by atoms with Gasteiger partial charge >= 0.3 is 0 Å². The zero-order chi connectivity index (χ0) is 17.2. The number of halogens is 1. The van der Waals surface area contributed by atoms with Crippen LogP contribution >= 0.6 is 12.4 Å². The lowest BCUT2D eigenvalue weighted by atomic mass is 10.1. The fraction of sp³-hybridized carbons (Fsp3) is 0.333. The third-order valence-corrected chi connectivity index (χ3v) is 4.27. The normalized spacial score (nSPS) is 13.3. The molecule has 0 radical (unpaired) electrons. The number of aromatic nitrogens is 4.